The minimum Gasteiger partial charge on any atom is -0.381 e. The summed E-state index contributed by atoms with van der Waals surface area (Å²) < 4.78 is 12.8. The van der Waals surface area contributed by atoms with Gasteiger partial charge in [0.25, 0.3) is 0 Å². The first kappa shape index (κ1) is 13.7. The molecule has 1 spiro atoms. The van der Waals surface area contributed by atoms with Crippen LogP contribution >= 0.6 is 23.1 Å². The second-order valence-electron chi connectivity index (χ2n) is 5.30. The van der Waals surface area contributed by atoms with Crippen molar-refractivity contribution in [3.8, 4) is 0 Å². The van der Waals surface area contributed by atoms with Gasteiger partial charge in [-0.25, -0.2) is 4.98 Å². The third kappa shape index (κ3) is 3.07. The Morgan fingerprint density at radius 2 is 2.16 bits per heavy atom. The number of aromatic nitrogens is 1. The first-order chi connectivity index (χ1) is 9.17. The normalized spacial score (nSPS) is 26.7. The first-order valence-corrected chi connectivity index (χ1v) is 8.48. The van der Waals surface area contributed by atoms with Gasteiger partial charge in [0, 0.05) is 25.1 Å². The topological polar surface area (TPSA) is 57.4 Å². The Labute approximate surface area is 122 Å². The van der Waals surface area contributed by atoms with Gasteiger partial charge < -0.3 is 15.2 Å². The Kier molecular flexibility index (Phi) is 4.03. The molecule has 1 unspecified atom stereocenters. The van der Waals surface area contributed by atoms with Crippen LogP contribution in [0.3, 0.4) is 0 Å². The zero-order valence-corrected chi connectivity index (χ0v) is 12.8. The molecule has 6 heteroatoms. The maximum Gasteiger partial charge on any atom is 0.181 e. The molecule has 0 amide bonds. The summed E-state index contributed by atoms with van der Waals surface area (Å²) in [4.78, 5) is 4.30. The largest absolute Gasteiger partial charge is 0.381 e. The maximum atomic E-state index is 6.08. The summed E-state index contributed by atoms with van der Waals surface area (Å²) in [7, 11) is 0. The molecule has 2 aliphatic rings. The molecule has 2 aliphatic heterocycles. The van der Waals surface area contributed by atoms with E-state index in [0.717, 1.165) is 51.2 Å². The van der Waals surface area contributed by atoms with Crippen LogP contribution in [0.25, 0.3) is 0 Å². The highest BCUT2D eigenvalue weighted by Crippen LogP contribution is 2.43. The van der Waals surface area contributed by atoms with E-state index in [1.165, 1.54) is 4.21 Å². The van der Waals surface area contributed by atoms with Gasteiger partial charge >= 0.3 is 0 Å². The molecule has 19 heavy (non-hydrogen) atoms. The maximum absolute atomic E-state index is 6.08. The molecule has 4 nitrogen and oxygen atoms in total. The molecule has 1 atom stereocenters. The van der Waals surface area contributed by atoms with E-state index in [9.17, 15) is 0 Å². The van der Waals surface area contributed by atoms with Gasteiger partial charge in [-0.1, -0.05) is 11.3 Å². The smallest absolute Gasteiger partial charge is 0.181 e. The molecule has 0 radical (unpaired) electrons. The van der Waals surface area contributed by atoms with E-state index in [2.05, 4.69) is 4.98 Å². The van der Waals surface area contributed by atoms with Gasteiger partial charge in [-0.15, -0.1) is 11.8 Å². The highest BCUT2D eigenvalue weighted by atomic mass is 32.2. The van der Waals surface area contributed by atoms with E-state index in [-0.39, 0.29) is 5.60 Å². The third-order valence-corrected chi connectivity index (χ3v) is 6.46. The second-order valence-corrected chi connectivity index (χ2v) is 7.90. The van der Waals surface area contributed by atoms with Crippen LogP contribution < -0.4 is 5.73 Å². The Bertz CT molecular complexity index is 438. The van der Waals surface area contributed by atoms with E-state index < -0.39 is 0 Å². The van der Waals surface area contributed by atoms with Crippen molar-refractivity contribution in [3.05, 3.63) is 5.69 Å². The van der Waals surface area contributed by atoms with E-state index in [1.54, 1.807) is 11.3 Å². The minimum absolute atomic E-state index is 0.0678. The zero-order chi connectivity index (χ0) is 13.3. The lowest BCUT2D eigenvalue weighted by Gasteiger charge is -2.43. The molecule has 106 valence electrons. The Morgan fingerprint density at radius 3 is 2.84 bits per heavy atom. The van der Waals surface area contributed by atoms with Gasteiger partial charge in [0.1, 0.15) is 0 Å². The van der Waals surface area contributed by atoms with Crippen LogP contribution in [-0.2, 0) is 9.47 Å². The van der Waals surface area contributed by atoms with Crippen molar-refractivity contribution in [3.63, 3.8) is 0 Å². The fourth-order valence-electron chi connectivity index (χ4n) is 2.84. The molecule has 0 aromatic carbocycles. The molecule has 2 N–H and O–H groups in total. The third-order valence-electron chi connectivity index (χ3n) is 3.90. The molecular weight excluding hydrogens is 280 g/mol. The number of nitrogen functional groups attached to an aromatic ring is 1. The van der Waals surface area contributed by atoms with E-state index in [4.69, 9.17) is 15.2 Å². The van der Waals surface area contributed by atoms with Crippen molar-refractivity contribution in [1.82, 2.24) is 4.98 Å². The number of thioether (sulfide) groups is 1. The Hall–Kier alpha value is -0.300. The molecule has 1 aromatic rings. The standard InChI is InChI=1S/C13H20N2O2S2/c1-9-11(19-12(14)15-9)18-10-2-5-17-13(8-10)3-6-16-7-4-13/h10H,2-8H2,1H3,(H2,14,15). The quantitative estimate of drug-likeness (QED) is 0.910. The number of anilines is 1. The van der Waals surface area contributed by atoms with Crippen molar-refractivity contribution in [2.45, 2.75) is 47.7 Å². The van der Waals surface area contributed by atoms with Crippen molar-refractivity contribution in [1.29, 1.82) is 0 Å². The summed E-state index contributed by atoms with van der Waals surface area (Å²) in [5.74, 6) is 0. The highest BCUT2D eigenvalue weighted by Gasteiger charge is 2.39. The fourth-order valence-corrected chi connectivity index (χ4v) is 5.38. The summed E-state index contributed by atoms with van der Waals surface area (Å²) in [5.41, 5.74) is 6.91. The van der Waals surface area contributed by atoms with Crippen LogP contribution in [-0.4, -0.2) is 35.7 Å². The van der Waals surface area contributed by atoms with Gasteiger partial charge in [-0.2, -0.15) is 0 Å². The van der Waals surface area contributed by atoms with Gasteiger partial charge in [0.15, 0.2) is 5.13 Å². The van der Waals surface area contributed by atoms with Crippen LogP contribution in [0.2, 0.25) is 0 Å². The van der Waals surface area contributed by atoms with E-state index >= 15 is 0 Å². The summed E-state index contributed by atoms with van der Waals surface area (Å²) >= 11 is 3.54. The summed E-state index contributed by atoms with van der Waals surface area (Å²) in [5, 5.41) is 1.29. The fraction of sp³-hybridized carbons (Fsp3) is 0.769. The molecular formula is C13H20N2O2S2. The number of aryl methyl sites for hydroxylation is 1. The van der Waals surface area contributed by atoms with Crippen LogP contribution in [0.5, 0.6) is 0 Å². The molecule has 1 aromatic heterocycles. The first-order valence-electron chi connectivity index (χ1n) is 6.78. The predicted octanol–water partition coefficient (Wildman–Crippen LogP) is 2.85. The molecule has 0 aliphatic carbocycles. The lowest BCUT2D eigenvalue weighted by molar-refractivity contribution is -0.131. The molecule has 2 fully saturated rings. The number of hydrogen-bond donors (Lipinski definition) is 1. The van der Waals surface area contributed by atoms with Crippen molar-refractivity contribution in [2.24, 2.45) is 0 Å². The summed E-state index contributed by atoms with van der Waals surface area (Å²) in [6, 6.07) is 0. The average Bonchev–Trinajstić information content (AvgIpc) is 2.69. The van der Waals surface area contributed by atoms with Crippen LogP contribution in [0.15, 0.2) is 4.21 Å². The predicted molar refractivity (Wildman–Crippen MR) is 78.9 cm³/mol. The number of hydrogen-bond acceptors (Lipinski definition) is 6. The lowest BCUT2D eigenvalue weighted by Crippen LogP contribution is -2.45. The van der Waals surface area contributed by atoms with Crippen molar-refractivity contribution in [2.75, 3.05) is 25.6 Å². The van der Waals surface area contributed by atoms with Gasteiger partial charge in [-0.3, -0.25) is 0 Å². The highest BCUT2D eigenvalue weighted by molar-refractivity contribution is 8.01. The summed E-state index contributed by atoms with van der Waals surface area (Å²) in [6.07, 6.45) is 4.31. The van der Waals surface area contributed by atoms with Crippen molar-refractivity contribution >= 4 is 28.2 Å². The molecule has 3 heterocycles. The number of rotatable bonds is 2. The van der Waals surface area contributed by atoms with Crippen LogP contribution in [0.1, 0.15) is 31.4 Å². The SMILES string of the molecule is Cc1nc(N)sc1SC1CCOC2(CCOCC2)C1. The summed E-state index contributed by atoms with van der Waals surface area (Å²) in [6.45, 7) is 4.58. The average molecular weight is 300 g/mol. The Morgan fingerprint density at radius 1 is 1.37 bits per heavy atom. The van der Waals surface area contributed by atoms with Gasteiger partial charge in [-0.05, 0) is 32.6 Å². The Balaban J connectivity index is 1.66. The van der Waals surface area contributed by atoms with Gasteiger partial charge in [0.2, 0.25) is 0 Å². The van der Waals surface area contributed by atoms with Gasteiger partial charge in [0.05, 0.1) is 15.5 Å². The van der Waals surface area contributed by atoms with Crippen LogP contribution in [0.4, 0.5) is 5.13 Å². The number of nitrogens with two attached hydrogens (primary N) is 1. The van der Waals surface area contributed by atoms with Crippen molar-refractivity contribution < 1.29 is 9.47 Å². The lowest BCUT2D eigenvalue weighted by atomic mass is 9.86. The molecule has 0 bridgehead atoms. The monoisotopic (exact) mass is 300 g/mol. The number of ether oxygens (including phenoxy) is 2. The zero-order valence-electron chi connectivity index (χ0n) is 11.2. The molecule has 0 saturated carbocycles. The molecule has 3 rings (SSSR count). The minimum atomic E-state index is 0.0678. The number of thiazole rings is 1. The molecule has 2 saturated heterocycles. The number of nitrogens with zero attached hydrogens (tertiary/aromatic N) is 1. The van der Waals surface area contributed by atoms with E-state index in [1.807, 2.05) is 18.7 Å². The van der Waals surface area contributed by atoms with E-state index in [0.29, 0.717) is 10.4 Å². The van der Waals surface area contributed by atoms with Crippen LogP contribution in [0, 0.1) is 6.92 Å². The second kappa shape index (κ2) is 5.60.